The second kappa shape index (κ2) is 6.71. The fourth-order valence-electron chi connectivity index (χ4n) is 1.30. The molecule has 0 fully saturated rings. The van der Waals surface area contributed by atoms with Crippen LogP contribution in [0.1, 0.15) is 26.5 Å². The van der Waals surface area contributed by atoms with E-state index < -0.39 is 0 Å². The lowest BCUT2D eigenvalue weighted by molar-refractivity contribution is 0.260. The van der Waals surface area contributed by atoms with Gasteiger partial charge in [-0.15, -0.1) is 0 Å². The largest absolute Gasteiger partial charge is 0.491 e. The summed E-state index contributed by atoms with van der Waals surface area (Å²) >= 11 is 0. The zero-order chi connectivity index (χ0) is 13.6. The molecule has 1 aromatic rings. The van der Waals surface area contributed by atoms with Gasteiger partial charge in [0.15, 0.2) is 0 Å². The van der Waals surface area contributed by atoms with Crippen molar-refractivity contribution in [2.75, 3.05) is 27.2 Å². The highest BCUT2D eigenvalue weighted by atomic mass is 16.5. The van der Waals surface area contributed by atoms with Crippen LogP contribution in [0.2, 0.25) is 0 Å². The Bertz CT molecular complexity index is 341. The van der Waals surface area contributed by atoms with E-state index in [9.17, 15) is 0 Å². The highest BCUT2D eigenvalue weighted by Gasteiger charge is 2.08. The van der Waals surface area contributed by atoms with E-state index in [4.69, 9.17) is 4.74 Å². The van der Waals surface area contributed by atoms with Gasteiger partial charge in [0.25, 0.3) is 0 Å². The Balaban J connectivity index is 2.38. The molecule has 1 heterocycles. The average molecular weight is 251 g/mol. The lowest BCUT2D eigenvalue weighted by atomic mass is 10.1. The van der Waals surface area contributed by atoms with Crippen LogP contribution in [0, 0.1) is 0 Å². The molecule has 0 saturated carbocycles. The third-order valence-electron chi connectivity index (χ3n) is 2.40. The minimum atomic E-state index is 0.114. The molecule has 0 amide bonds. The van der Waals surface area contributed by atoms with Gasteiger partial charge in [-0.25, -0.2) is 0 Å². The highest BCUT2D eigenvalue weighted by molar-refractivity contribution is 5.19. The smallest absolute Gasteiger partial charge is 0.137 e. The third-order valence-corrected chi connectivity index (χ3v) is 2.40. The van der Waals surface area contributed by atoms with E-state index in [-0.39, 0.29) is 5.54 Å². The predicted molar refractivity (Wildman–Crippen MR) is 74.9 cm³/mol. The van der Waals surface area contributed by atoms with Gasteiger partial charge in [0.05, 0.1) is 11.9 Å². The number of likely N-dealkylation sites (N-methyl/N-ethyl adjacent to an activating group) is 1. The van der Waals surface area contributed by atoms with Crippen LogP contribution in [-0.2, 0) is 6.54 Å². The van der Waals surface area contributed by atoms with Crippen molar-refractivity contribution in [3.05, 3.63) is 24.0 Å². The van der Waals surface area contributed by atoms with Crippen LogP contribution < -0.4 is 10.1 Å². The molecule has 1 N–H and O–H groups in total. The maximum absolute atomic E-state index is 5.59. The summed E-state index contributed by atoms with van der Waals surface area (Å²) in [6, 6.07) is 3.98. The Kier molecular flexibility index (Phi) is 5.56. The van der Waals surface area contributed by atoms with Gasteiger partial charge in [-0.05, 0) is 47.0 Å². The number of nitrogens with zero attached hydrogens (tertiary/aromatic N) is 2. The second-order valence-corrected chi connectivity index (χ2v) is 5.74. The normalized spacial score (nSPS) is 11.9. The molecule has 4 nitrogen and oxygen atoms in total. The van der Waals surface area contributed by atoms with Gasteiger partial charge in [0, 0.05) is 18.6 Å². The van der Waals surface area contributed by atoms with Crippen molar-refractivity contribution in [2.45, 2.75) is 32.9 Å². The summed E-state index contributed by atoms with van der Waals surface area (Å²) in [7, 11) is 4.06. The van der Waals surface area contributed by atoms with Crippen LogP contribution in [0.5, 0.6) is 5.75 Å². The molecule has 1 aromatic heterocycles. The molecule has 0 bridgehead atoms. The van der Waals surface area contributed by atoms with E-state index in [1.165, 1.54) is 0 Å². The first-order valence-corrected chi connectivity index (χ1v) is 6.34. The molecule has 0 unspecified atom stereocenters. The maximum atomic E-state index is 5.59. The summed E-state index contributed by atoms with van der Waals surface area (Å²) < 4.78 is 5.59. The molecule has 0 aliphatic carbocycles. The molecule has 18 heavy (non-hydrogen) atoms. The number of ether oxygens (including phenoxy) is 1. The Morgan fingerprint density at radius 1 is 1.28 bits per heavy atom. The summed E-state index contributed by atoms with van der Waals surface area (Å²) in [5, 5.41) is 3.41. The van der Waals surface area contributed by atoms with Crippen molar-refractivity contribution in [3.63, 3.8) is 0 Å². The van der Waals surface area contributed by atoms with Crippen molar-refractivity contribution in [1.82, 2.24) is 15.2 Å². The first-order chi connectivity index (χ1) is 8.37. The number of hydrogen-bond donors (Lipinski definition) is 1. The number of rotatable bonds is 6. The van der Waals surface area contributed by atoms with Gasteiger partial charge < -0.3 is 15.0 Å². The Morgan fingerprint density at radius 3 is 2.50 bits per heavy atom. The Hall–Kier alpha value is -1.13. The van der Waals surface area contributed by atoms with Crippen molar-refractivity contribution in [3.8, 4) is 5.75 Å². The zero-order valence-corrected chi connectivity index (χ0v) is 12.2. The van der Waals surface area contributed by atoms with E-state index in [1.807, 2.05) is 26.2 Å². The minimum Gasteiger partial charge on any atom is -0.491 e. The summed E-state index contributed by atoms with van der Waals surface area (Å²) in [5.41, 5.74) is 1.15. The standard InChI is InChI=1S/C14H25N3O/c1-14(2,3)16-10-12-6-7-13(11-15-12)18-9-8-17(4)5/h6-7,11,16H,8-10H2,1-5H3. The SMILES string of the molecule is CN(C)CCOc1ccc(CNC(C)(C)C)nc1. The number of aromatic nitrogens is 1. The topological polar surface area (TPSA) is 37.4 Å². The van der Waals surface area contributed by atoms with Crippen LogP contribution in [0.15, 0.2) is 18.3 Å². The van der Waals surface area contributed by atoms with Crippen molar-refractivity contribution >= 4 is 0 Å². The van der Waals surface area contributed by atoms with Gasteiger partial charge in [-0.1, -0.05) is 0 Å². The summed E-state index contributed by atoms with van der Waals surface area (Å²) in [6.07, 6.45) is 1.79. The van der Waals surface area contributed by atoms with Gasteiger partial charge in [-0.2, -0.15) is 0 Å². The quantitative estimate of drug-likeness (QED) is 0.838. The minimum absolute atomic E-state index is 0.114. The molecule has 0 aliphatic rings. The van der Waals surface area contributed by atoms with E-state index in [0.29, 0.717) is 6.61 Å². The Labute approximate surface area is 110 Å². The zero-order valence-electron chi connectivity index (χ0n) is 12.2. The third kappa shape index (κ3) is 6.57. The lowest BCUT2D eigenvalue weighted by Crippen LogP contribution is -2.35. The van der Waals surface area contributed by atoms with Crippen LogP contribution in [0.25, 0.3) is 0 Å². The molecule has 0 saturated heterocycles. The van der Waals surface area contributed by atoms with Crippen LogP contribution in [0.3, 0.4) is 0 Å². The second-order valence-electron chi connectivity index (χ2n) is 5.74. The van der Waals surface area contributed by atoms with Crippen LogP contribution >= 0.6 is 0 Å². The Morgan fingerprint density at radius 2 is 2.00 bits per heavy atom. The van der Waals surface area contributed by atoms with E-state index in [1.54, 1.807) is 6.20 Å². The molecule has 0 aliphatic heterocycles. The van der Waals surface area contributed by atoms with Gasteiger partial charge in [-0.3, -0.25) is 4.98 Å². The molecule has 4 heteroatoms. The van der Waals surface area contributed by atoms with Crippen LogP contribution in [0.4, 0.5) is 0 Å². The van der Waals surface area contributed by atoms with Crippen molar-refractivity contribution in [1.29, 1.82) is 0 Å². The number of pyridine rings is 1. The molecule has 0 radical (unpaired) electrons. The first kappa shape index (κ1) is 14.9. The molecule has 0 atom stereocenters. The lowest BCUT2D eigenvalue weighted by Gasteiger charge is -2.20. The van der Waals surface area contributed by atoms with E-state index in [2.05, 4.69) is 36.0 Å². The van der Waals surface area contributed by atoms with Crippen molar-refractivity contribution < 1.29 is 4.74 Å². The molecule has 0 aromatic carbocycles. The molecular formula is C14H25N3O. The monoisotopic (exact) mass is 251 g/mol. The summed E-state index contributed by atoms with van der Waals surface area (Å²) in [5.74, 6) is 0.830. The fourth-order valence-corrected chi connectivity index (χ4v) is 1.30. The van der Waals surface area contributed by atoms with Crippen LogP contribution in [-0.4, -0.2) is 42.7 Å². The number of hydrogen-bond acceptors (Lipinski definition) is 4. The number of nitrogens with one attached hydrogen (secondary N) is 1. The van der Waals surface area contributed by atoms with Crippen molar-refractivity contribution in [2.24, 2.45) is 0 Å². The molecule has 0 spiro atoms. The van der Waals surface area contributed by atoms with E-state index >= 15 is 0 Å². The van der Waals surface area contributed by atoms with Gasteiger partial charge in [0.1, 0.15) is 12.4 Å². The first-order valence-electron chi connectivity index (χ1n) is 6.34. The highest BCUT2D eigenvalue weighted by Crippen LogP contribution is 2.10. The molecule has 1 rings (SSSR count). The molecule has 102 valence electrons. The summed E-state index contributed by atoms with van der Waals surface area (Å²) in [4.78, 5) is 6.47. The predicted octanol–water partition coefficient (Wildman–Crippen LogP) is 1.91. The van der Waals surface area contributed by atoms with Gasteiger partial charge >= 0.3 is 0 Å². The van der Waals surface area contributed by atoms with E-state index in [0.717, 1.165) is 24.5 Å². The fraction of sp³-hybridized carbons (Fsp3) is 0.643. The average Bonchev–Trinajstić information content (AvgIpc) is 2.26. The molecular weight excluding hydrogens is 226 g/mol. The summed E-state index contributed by atoms with van der Waals surface area (Å²) in [6.45, 7) is 8.81. The van der Waals surface area contributed by atoms with Gasteiger partial charge in [0.2, 0.25) is 0 Å². The maximum Gasteiger partial charge on any atom is 0.137 e.